The lowest BCUT2D eigenvalue weighted by atomic mass is 9.94. The maximum atomic E-state index is 13.1. The second kappa shape index (κ2) is 6.46. The summed E-state index contributed by atoms with van der Waals surface area (Å²) in [5.41, 5.74) is 0. The van der Waals surface area contributed by atoms with Crippen LogP contribution in [-0.2, 0) is 4.79 Å². The number of nitrogens with zero attached hydrogens (tertiary/aromatic N) is 4. The maximum Gasteiger partial charge on any atom is 0.226 e. The molecule has 2 aliphatic carbocycles. The first-order chi connectivity index (χ1) is 11.3. The van der Waals surface area contributed by atoms with Crippen molar-refractivity contribution in [3.05, 3.63) is 18.5 Å². The number of rotatable bonds is 4. The fourth-order valence-electron chi connectivity index (χ4n) is 4.18. The van der Waals surface area contributed by atoms with Gasteiger partial charge in [0.15, 0.2) is 0 Å². The molecule has 0 aromatic carbocycles. The third kappa shape index (κ3) is 3.19. The molecule has 1 amide bonds. The molecule has 0 bridgehead atoms. The Bertz CT molecular complexity index is 531. The van der Waals surface area contributed by atoms with Crippen molar-refractivity contribution < 1.29 is 4.79 Å². The van der Waals surface area contributed by atoms with E-state index >= 15 is 0 Å². The first-order valence-corrected chi connectivity index (χ1v) is 9.17. The van der Waals surface area contributed by atoms with Crippen LogP contribution in [0.1, 0.15) is 51.4 Å². The molecule has 2 saturated carbocycles. The largest absolute Gasteiger partial charge is 0.341 e. The quantitative estimate of drug-likeness (QED) is 0.857. The van der Waals surface area contributed by atoms with Crippen LogP contribution in [0.15, 0.2) is 18.5 Å². The van der Waals surface area contributed by atoms with Gasteiger partial charge in [-0.05, 0) is 44.6 Å². The topological polar surface area (TPSA) is 49.3 Å². The van der Waals surface area contributed by atoms with Crippen molar-refractivity contribution >= 4 is 11.9 Å². The van der Waals surface area contributed by atoms with Crippen molar-refractivity contribution in [3.8, 4) is 0 Å². The molecule has 1 aliphatic heterocycles. The summed E-state index contributed by atoms with van der Waals surface area (Å²) >= 11 is 0. The number of amides is 1. The van der Waals surface area contributed by atoms with Crippen molar-refractivity contribution in [3.63, 3.8) is 0 Å². The van der Waals surface area contributed by atoms with Crippen molar-refractivity contribution in [2.24, 2.45) is 5.92 Å². The van der Waals surface area contributed by atoms with Gasteiger partial charge in [-0.3, -0.25) is 4.79 Å². The Kier molecular flexibility index (Phi) is 4.19. The van der Waals surface area contributed by atoms with Crippen molar-refractivity contribution in [2.75, 3.05) is 18.0 Å². The van der Waals surface area contributed by atoms with E-state index in [4.69, 9.17) is 0 Å². The minimum absolute atomic E-state index is 0.205. The predicted molar refractivity (Wildman–Crippen MR) is 89.1 cm³/mol. The summed E-state index contributed by atoms with van der Waals surface area (Å²) in [5.74, 6) is 1.44. The molecule has 5 nitrogen and oxygen atoms in total. The van der Waals surface area contributed by atoms with Crippen molar-refractivity contribution in [1.29, 1.82) is 0 Å². The zero-order chi connectivity index (χ0) is 15.6. The molecule has 23 heavy (non-hydrogen) atoms. The van der Waals surface area contributed by atoms with Crippen molar-refractivity contribution in [2.45, 2.75) is 63.5 Å². The van der Waals surface area contributed by atoms with Gasteiger partial charge in [0, 0.05) is 43.5 Å². The second-order valence-electron chi connectivity index (χ2n) is 7.23. The van der Waals surface area contributed by atoms with Crippen LogP contribution >= 0.6 is 0 Å². The molecular formula is C18H26N4O. The highest BCUT2D eigenvalue weighted by atomic mass is 16.2. The van der Waals surface area contributed by atoms with E-state index < -0.39 is 0 Å². The SMILES string of the molecule is O=C(C1CCN(c2ncccn2)CC1)N(C1CCCC1)C1CC1. The third-order valence-corrected chi connectivity index (χ3v) is 5.59. The molecule has 4 rings (SSSR count). The maximum absolute atomic E-state index is 13.1. The standard InChI is InChI=1S/C18H26N4O/c23-17(22(16-6-7-16)15-4-1-2-5-15)14-8-12-21(13-9-14)18-19-10-3-11-20-18/h3,10-11,14-16H,1-2,4-9,12-13H2. The number of hydrogen-bond donors (Lipinski definition) is 0. The first-order valence-electron chi connectivity index (χ1n) is 9.17. The van der Waals surface area contributed by atoms with Gasteiger partial charge in [0.05, 0.1) is 0 Å². The number of carbonyl (C=O) groups excluding carboxylic acids is 1. The van der Waals surface area contributed by atoms with E-state index in [1.54, 1.807) is 12.4 Å². The van der Waals surface area contributed by atoms with Gasteiger partial charge in [-0.25, -0.2) is 9.97 Å². The lowest BCUT2D eigenvalue weighted by molar-refractivity contribution is -0.139. The zero-order valence-electron chi connectivity index (χ0n) is 13.7. The third-order valence-electron chi connectivity index (χ3n) is 5.59. The summed E-state index contributed by atoms with van der Waals surface area (Å²) in [7, 11) is 0. The normalized spacial score (nSPS) is 23.2. The molecule has 0 N–H and O–H groups in total. The van der Waals surface area contributed by atoms with Crippen LogP contribution in [0.25, 0.3) is 0 Å². The molecule has 5 heteroatoms. The van der Waals surface area contributed by atoms with E-state index in [9.17, 15) is 4.79 Å². The van der Waals surface area contributed by atoms with Gasteiger partial charge in [-0.1, -0.05) is 12.8 Å². The van der Waals surface area contributed by atoms with Gasteiger partial charge >= 0.3 is 0 Å². The number of anilines is 1. The van der Waals surface area contributed by atoms with Crippen LogP contribution < -0.4 is 4.90 Å². The summed E-state index contributed by atoms with van der Waals surface area (Å²) in [6, 6.07) is 2.93. The monoisotopic (exact) mass is 314 g/mol. The van der Waals surface area contributed by atoms with Crippen LogP contribution in [0.3, 0.4) is 0 Å². The summed E-state index contributed by atoms with van der Waals surface area (Å²) in [6.07, 6.45) is 12.9. The summed E-state index contributed by atoms with van der Waals surface area (Å²) in [4.78, 5) is 26.2. The van der Waals surface area contributed by atoms with Crippen LogP contribution in [0.5, 0.6) is 0 Å². The Morgan fingerprint density at radius 1 is 0.957 bits per heavy atom. The van der Waals surface area contributed by atoms with E-state index in [0.717, 1.165) is 31.9 Å². The van der Waals surface area contributed by atoms with Gasteiger partial charge < -0.3 is 9.80 Å². The zero-order valence-corrected chi connectivity index (χ0v) is 13.7. The first kappa shape index (κ1) is 14.9. The number of carbonyl (C=O) groups is 1. The molecule has 124 valence electrons. The molecule has 1 aromatic rings. The van der Waals surface area contributed by atoms with Crippen LogP contribution in [-0.4, -0.2) is 45.9 Å². The molecule has 0 unspecified atom stereocenters. The molecule has 0 spiro atoms. The Morgan fingerprint density at radius 2 is 1.57 bits per heavy atom. The fraction of sp³-hybridized carbons (Fsp3) is 0.722. The highest BCUT2D eigenvalue weighted by Crippen LogP contribution is 2.36. The lowest BCUT2D eigenvalue weighted by Gasteiger charge is -2.36. The van der Waals surface area contributed by atoms with E-state index in [0.29, 0.717) is 18.0 Å². The van der Waals surface area contributed by atoms with Gasteiger partial charge in [-0.2, -0.15) is 0 Å². The lowest BCUT2D eigenvalue weighted by Crippen LogP contribution is -2.47. The smallest absolute Gasteiger partial charge is 0.226 e. The van der Waals surface area contributed by atoms with Crippen molar-refractivity contribution in [1.82, 2.24) is 14.9 Å². The second-order valence-corrected chi connectivity index (χ2v) is 7.23. The molecule has 3 fully saturated rings. The minimum Gasteiger partial charge on any atom is -0.341 e. The minimum atomic E-state index is 0.205. The van der Waals surface area contributed by atoms with E-state index in [1.807, 2.05) is 6.07 Å². The molecule has 1 aromatic heterocycles. The van der Waals surface area contributed by atoms with Crippen LogP contribution in [0.2, 0.25) is 0 Å². The average Bonchev–Trinajstić information content (AvgIpc) is 3.30. The molecule has 2 heterocycles. The Balaban J connectivity index is 1.38. The number of hydrogen-bond acceptors (Lipinski definition) is 4. The summed E-state index contributed by atoms with van der Waals surface area (Å²) in [5, 5.41) is 0. The van der Waals surface area contributed by atoms with Gasteiger partial charge in [-0.15, -0.1) is 0 Å². The molecule has 0 radical (unpaired) electrons. The number of piperidine rings is 1. The fourth-order valence-corrected chi connectivity index (χ4v) is 4.18. The molecule has 1 saturated heterocycles. The summed E-state index contributed by atoms with van der Waals surface area (Å²) in [6.45, 7) is 1.78. The van der Waals surface area contributed by atoms with E-state index in [1.165, 1.54) is 38.5 Å². The molecule has 3 aliphatic rings. The van der Waals surface area contributed by atoms with Crippen LogP contribution in [0.4, 0.5) is 5.95 Å². The van der Waals surface area contributed by atoms with Crippen LogP contribution in [0, 0.1) is 5.92 Å². The summed E-state index contributed by atoms with van der Waals surface area (Å²) < 4.78 is 0. The highest BCUT2D eigenvalue weighted by Gasteiger charge is 2.41. The predicted octanol–water partition coefficient (Wildman–Crippen LogP) is 2.63. The van der Waals surface area contributed by atoms with Gasteiger partial charge in [0.25, 0.3) is 0 Å². The Labute approximate surface area is 138 Å². The average molecular weight is 314 g/mol. The Morgan fingerprint density at radius 3 is 2.17 bits per heavy atom. The number of aromatic nitrogens is 2. The highest BCUT2D eigenvalue weighted by molar-refractivity contribution is 5.80. The molecule has 0 atom stereocenters. The van der Waals surface area contributed by atoms with E-state index in [2.05, 4.69) is 19.8 Å². The Hall–Kier alpha value is -1.65. The molecular weight excluding hydrogens is 288 g/mol. The van der Waals surface area contributed by atoms with E-state index in [-0.39, 0.29) is 5.92 Å². The van der Waals surface area contributed by atoms with Gasteiger partial charge in [0.1, 0.15) is 0 Å². The van der Waals surface area contributed by atoms with Gasteiger partial charge in [0.2, 0.25) is 11.9 Å².